The minimum absolute atomic E-state index is 0.562. The maximum atomic E-state index is 3.58. The maximum Gasteiger partial charge on any atom is 0.0287 e. The van der Waals surface area contributed by atoms with E-state index in [1.807, 2.05) is 0 Å². The third kappa shape index (κ3) is 2.46. The number of nitrogens with one attached hydrogen (secondary N) is 1. The monoisotopic (exact) mass is 187 g/mol. The summed E-state index contributed by atoms with van der Waals surface area (Å²) < 4.78 is 0. The number of rotatable bonds is 4. The molecule has 0 aromatic heterocycles. The molecule has 1 aliphatic rings. The second kappa shape index (κ2) is 4.43. The van der Waals surface area contributed by atoms with Crippen molar-refractivity contribution in [1.82, 2.24) is 5.32 Å². The van der Waals surface area contributed by atoms with E-state index in [4.69, 9.17) is 0 Å². The summed E-state index contributed by atoms with van der Waals surface area (Å²) in [5.41, 5.74) is 1.41. The molecule has 0 amide bonds. The molecule has 14 heavy (non-hydrogen) atoms. The molecule has 74 valence electrons. The molecule has 1 aliphatic carbocycles. The minimum atomic E-state index is 0.562. The van der Waals surface area contributed by atoms with Gasteiger partial charge in [0, 0.05) is 12.1 Å². The summed E-state index contributed by atoms with van der Waals surface area (Å²) >= 11 is 0. The van der Waals surface area contributed by atoms with Crippen molar-refractivity contribution in [1.29, 1.82) is 0 Å². The molecule has 1 N–H and O–H groups in total. The SMILES string of the molecule is CC(Cc1ccccc1)NC1C=CC1. The molecule has 2 rings (SSSR count). The number of benzene rings is 1. The van der Waals surface area contributed by atoms with Crippen molar-refractivity contribution < 1.29 is 0 Å². The second-order valence-electron chi connectivity index (χ2n) is 4.03. The predicted molar refractivity (Wildman–Crippen MR) is 60.3 cm³/mol. The number of hydrogen-bond acceptors (Lipinski definition) is 1. The quantitative estimate of drug-likeness (QED) is 0.714. The zero-order chi connectivity index (χ0) is 9.80. The molecular formula is C13H17N. The van der Waals surface area contributed by atoms with Crippen molar-refractivity contribution >= 4 is 0 Å². The zero-order valence-electron chi connectivity index (χ0n) is 8.61. The normalized spacial score (nSPS) is 21.6. The highest BCUT2D eigenvalue weighted by atomic mass is 14.9. The number of hydrogen-bond donors (Lipinski definition) is 1. The Morgan fingerprint density at radius 3 is 2.64 bits per heavy atom. The fourth-order valence-electron chi connectivity index (χ4n) is 1.79. The Hall–Kier alpha value is -1.08. The Labute approximate surface area is 85.8 Å². The van der Waals surface area contributed by atoms with Crippen LogP contribution >= 0.6 is 0 Å². The van der Waals surface area contributed by atoms with Gasteiger partial charge in [-0.25, -0.2) is 0 Å². The van der Waals surface area contributed by atoms with Crippen LogP contribution in [0.1, 0.15) is 18.9 Å². The maximum absolute atomic E-state index is 3.58. The first-order valence-corrected chi connectivity index (χ1v) is 5.31. The van der Waals surface area contributed by atoms with Crippen molar-refractivity contribution in [2.24, 2.45) is 0 Å². The first-order chi connectivity index (χ1) is 6.84. The smallest absolute Gasteiger partial charge is 0.0287 e. The van der Waals surface area contributed by atoms with Gasteiger partial charge in [-0.15, -0.1) is 0 Å². The van der Waals surface area contributed by atoms with E-state index in [2.05, 4.69) is 54.7 Å². The van der Waals surface area contributed by atoms with Crippen LogP contribution in [0.25, 0.3) is 0 Å². The lowest BCUT2D eigenvalue weighted by Gasteiger charge is -2.24. The largest absolute Gasteiger partial charge is 0.307 e. The van der Waals surface area contributed by atoms with Crippen LogP contribution in [-0.2, 0) is 6.42 Å². The van der Waals surface area contributed by atoms with E-state index in [1.165, 1.54) is 12.0 Å². The molecule has 0 saturated heterocycles. The topological polar surface area (TPSA) is 12.0 Å². The van der Waals surface area contributed by atoms with Gasteiger partial charge in [-0.3, -0.25) is 0 Å². The fraction of sp³-hybridized carbons (Fsp3) is 0.385. The Morgan fingerprint density at radius 1 is 1.36 bits per heavy atom. The van der Waals surface area contributed by atoms with E-state index >= 15 is 0 Å². The first-order valence-electron chi connectivity index (χ1n) is 5.31. The van der Waals surface area contributed by atoms with Crippen molar-refractivity contribution in [2.75, 3.05) is 0 Å². The van der Waals surface area contributed by atoms with E-state index in [0.717, 1.165) is 6.42 Å². The van der Waals surface area contributed by atoms with Crippen LogP contribution in [0.2, 0.25) is 0 Å². The molecular weight excluding hydrogens is 170 g/mol. The summed E-state index contributed by atoms with van der Waals surface area (Å²) in [6.45, 7) is 2.25. The lowest BCUT2D eigenvalue weighted by Crippen LogP contribution is -2.38. The summed E-state index contributed by atoms with van der Waals surface area (Å²) in [4.78, 5) is 0. The molecule has 1 aromatic carbocycles. The molecule has 0 aliphatic heterocycles. The molecule has 1 heteroatoms. The van der Waals surface area contributed by atoms with Crippen LogP contribution in [0.4, 0.5) is 0 Å². The van der Waals surface area contributed by atoms with Gasteiger partial charge < -0.3 is 5.32 Å². The zero-order valence-corrected chi connectivity index (χ0v) is 8.61. The summed E-state index contributed by atoms with van der Waals surface area (Å²) in [6.07, 6.45) is 6.76. The molecule has 2 atom stereocenters. The van der Waals surface area contributed by atoms with E-state index < -0.39 is 0 Å². The molecule has 1 nitrogen and oxygen atoms in total. The van der Waals surface area contributed by atoms with Gasteiger partial charge in [0.1, 0.15) is 0 Å². The van der Waals surface area contributed by atoms with Crippen LogP contribution in [0.5, 0.6) is 0 Å². The van der Waals surface area contributed by atoms with E-state index in [9.17, 15) is 0 Å². The van der Waals surface area contributed by atoms with Crippen LogP contribution in [0.3, 0.4) is 0 Å². The molecule has 0 radical (unpaired) electrons. The van der Waals surface area contributed by atoms with Gasteiger partial charge in [-0.05, 0) is 25.3 Å². The Balaban J connectivity index is 1.82. The van der Waals surface area contributed by atoms with E-state index in [-0.39, 0.29) is 0 Å². The highest BCUT2D eigenvalue weighted by molar-refractivity contribution is 5.16. The van der Waals surface area contributed by atoms with Gasteiger partial charge in [0.15, 0.2) is 0 Å². The van der Waals surface area contributed by atoms with Crippen molar-refractivity contribution in [3.8, 4) is 0 Å². The van der Waals surface area contributed by atoms with Crippen molar-refractivity contribution in [2.45, 2.75) is 31.8 Å². The third-order valence-corrected chi connectivity index (χ3v) is 2.64. The average molecular weight is 187 g/mol. The predicted octanol–water partition coefficient (Wildman–Crippen LogP) is 2.54. The van der Waals surface area contributed by atoms with Crippen LogP contribution in [-0.4, -0.2) is 12.1 Å². The molecule has 0 bridgehead atoms. The lowest BCUT2D eigenvalue weighted by molar-refractivity contribution is 0.476. The fourth-order valence-corrected chi connectivity index (χ4v) is 1.79. The molecule has 1 aromatic rings. The highest BCUT2D eigenvalue weighted by Gasteiger charge is 2.12. The summed E-state index contributed by atoms with van der Waals surface area (Å²) in [7, 11) is 0. The lowest BCUT2D eigenvalue weighted by atomic mass is 10.0. The van der Waals surface area contributed by atoms with E-state index in [1.54, 1.807) is 0 Å². The molecule has 0 spiro atoms. The van der Waals surface area contributed by atoms with E-state index in [0.29, 0.717) is 12.1 Å². The van der Waals surface area contributed by atoms with Crippen LogP contribution < -0.4 is 5.32 Å². The van der Waals surface area contributed by atoms with Gasteiger partial charge in [0.05, 0.1) is 0 Å². The molecule has 0 fully saturated rings. The third-order valence-electron chi connectivity index (χ3n) is 2.64. The van der Waals surface area contributed by atoms with Crippen molar-refractivity contribution in [3.05, 3.63) is 48.0 Å². The summed E-state index contributed by atoms with van der Waals surface area (Å²) in [5.74, 6) is 0. The van der Waals surface area contributed by atoms with Crippen molar-refractivity contribution in [3.63, 3.8) is 0 Å². The van der Waals surface area contributed by atoms with Gasteiger partial charge >= 0.3 is 0 Å². The Morgan fingerprint density at radius 2 is 2.07 bits per heavy atom. The molecule has 0 saturated carbocycles. The highest BCUT2D eigenvalue weighted by Crippen LogP contribution is 2.10. The molecule has 2 unspecified atom stereocenters. The van der Waals surface area contributed by atoms with Gasteiger partial charge in [0.25, 0.3) is 0 Å². The van der Waals surface area contributed by atoms with Crippen LogP contribution in [0, 0.1) is 0 Å². The summed E-state index contributed by atoms with van der Waals surface area (Å²) in [5, 5.41) is 3.58. The second-order valence-corrected chi connectivity index (χ2v) is 4.03. The Bertz CT molecular complexity index is 302. The standard InChI is InChI=1S/C13H17N/c1-11(14-13-8-5-9-13)10-12-6-3-2-4-7-12/h2-8,11,13-14H,9-10H2,1H3. The first kappa shape index (κ1) is 9.47. The van der Waals surface area contributed by atoms with Gasteiger partial charge in [-0.1, -0.05) is 42.5 Å². The van der Waals surface area contributed by atoms with Crippen LogP contribution in [0.15, 0.2) is 42.5 Å². The minimum Gasteiger partial charge on any atom is -0.307 e. The van der Waals surface area contributed by atoms with Gasteiger partial charge in [0.2, 0.25) is 0 Å². The average Bonchev–Trinajstić information content (AvgIpc) is 2.13. The molecule has 0 heterocycles. The Kier molecular flexibility index (Phi) is 3.00. The van der Waals surface area contributed by atoms with Gasteiger partial charge in [-0.2, -0.15) is 0 Å². The summed E-state index contributed by atoms with van der Waals surface area (Å²) in [6, 6.07) is 11.8.